The Bertz CT molecular complexity index is 1280. The quantitative estimate of drug-likeness (QED) is 0.518. The number of methoxy groups -OCH3 is 1. The number of ether oxygens (including phenoxy) is 1. The Morgan fingerprint density at radius 1 is 1.08 bits per heavy atom. The van der Waals surface area contributed by atoms with Crippen LogP contribution in [-0.2, 0) is 17.9 Å². The lowest BCUT2D eigenvalue weighted by atomic mass is 9.91. The number of hydrogen-bond acceptors (Lipinski definition) is 3. The van der Waals surface area contributed by atoms with Gasteiger partial charge in [0.05, 0.1) is 25.7 Å². The zero-order valence-electron chi connectivity index (χ0n) is 21.1. The Balaban J connectivity index is 1.55. The van der Waals surface area contributed by atoms with E-state index in [9.17, 15) is 14.0 Å². The lowest BCUT2D eigenvalue weighted by Gasteiger charge is -2.44. The SMILES string of the molecule is COc1ccc2cc3n(c2c1)C[C@](C)(C(=O)NC1CCCCCCC1)N(Cc1ccccc1F)C3=O. The van der Waals surface area contributed by atoms with Crippen LogP contribution in [0.5, 0.6) is 5.75 Å². The van der Waals surface area contributed by atoms with Crippen molar-refractivity contribution in [1.29, 1.82) is 0 Å². The van der Waals surface area contributed by atoms with Gasteiger partial charge in [0.1, 0.15) is 22.8 Å². The number of rotatable bonds is 5. The van der Waals surface area contributed by atoms with E-state index in [1.807, 2.05) is 28.8 Å². The van der Waals surface area contributed by atoms with Gasteiger partial charge >= 0.3 is 0 Å². The second kappa shape index (κ2) is 9.96. The van der Waals surface area contributed by atoms with E-state index in [2.05, 4.69) is 5.32 Å². The fraction of sp³-hybridized carbons (Fsp3) is 0.448. The predicted octanol–water partition coefficient (Wildman–Crippen LogP) is 5.43. The number of nitrogens with one attached hydrogen (secondary N) is 1. The van der Waals surface area contributed by atoms with Gasteiger partial charge in [0, 0.05) is 23.1 Å². The minimum absolute atomic E-state index is 0.0188. The lowest BCUT2D eigenvalue weighted by molar-refractivity contribution is -0.134. The highest BCUT2D eigenvalue weighted by molar-refractivity contribution is 6.03. The maximum absolute atomic E-state index is 14.7. The van der Waals surface area contributed by atoms with Crippen LogP contribution in [-0.4, -0.2) is 40.0 Å². The van der Waals surface area contributed by atoms with Crippen molar-refractivity contribution >= 4 is 22.7 Å². The van der Waals surface area contributed by atoms with Gasteiger partial charge in [-0.3, -0.25) is 9.59 Å². The second-order valence-electron chi connectivity index (χ2n) is 10.3. The summed E-state index contributed by atoms with van der Waals surface area (Å²) in [7, 11) is 1.61. The van der Waals surface area contributed by atoms with E-state index in [0.717, 1.165) is 36.6 Å². The number of fused-ring (bicyclic) bond motifs is 3. The van der Waals surface area contributed by atoms with Gasteiger partial charge in [0.2, 0.25) is 5.91 Å². The van der Waals surface area contributed by atoms with E-state index >= 15 is 0 Å². The van der Waals surface area contributed by atoms with E-state index in [0.29, 0.717) is 17.0 Å². The first-order valence-corrected chi connectivity index (χ1v) is 12.9. The minimum Gasteiger partial charge on any atom is -0.497 e. The molecule has 0 bridgehead atoms. The molecule has 1 aliphatic carbocycles. The van der Waals surface area contributed by atoms with E-state index in [1.54, 1.807) is 37.1 Å². The Hall–Kier alpha value is -3.35. The summed E-state index contributed by atoms with van der Waals surface area (Å²) in [6.07, 6.45) is 7.67. The molecule has 6 nitrogen and oxygen atoms in total. The number of halogens is 1. The molecule has 0 spiro atoms. The Kier molecular flexibility index (Phi) is 6.73. The monoisotopic (exact) mass is 491 g/mol. The zero-order chi connectivity index (χ0) is 25.3. The van der Waals surface area contributed by atoms with Crippen LogP contribution in [0, 0.1) is 5.82 Å². The molecule has 2 aliphatic rings. The minimum atomic E-state index is -1.19. The van der Waals surface area contributed by atoms with Crippen molar-refractivity contribution in [1.82, 2.24) is 14.8 Å². The molecule has 0 saturated heterocycles. The van der Waals surface area contributed by atoms with Gasteiger partial charge in [-0.05, 0) is 44.0 Å². The summed E-state index contributed by atoms with van der Waals surface area (Å²) in [6, 6.07) is 14.0. The van der Waals surface area contributed by atoms with Crippen molar-refractivity contribution in [3.05, 3.63) is 65.6 Å². The normalized spacial score (nSPS) is 21.1. The molecule has 190 valence electrons. The van der Waals surface area contributed by atoms with Crippen molar-refractivity contribution in [2.75, 3.05) is 7.11 Å². The Morgan fingerprint density at radius 3 is 2.53 bits per heavy atom. The number of hydrogen-bond donors (Lipinski definition) is 1. The van der Waals surface area contributed by atoms with Crippen molar-refractivity contribution in [3.63, 3.8) is 0 Å². The smallest absolute Gasteiger partial charge is 0.271 e. The number of benzene rings is 2. The van der Waals surface area contributed by atoms with Crippen molar-refractivity contribution in [2.24, 2.45) is 0 Å². The van der Waals surface area contributed by atoms with Crippen LogP contribution in [0.4, 0.5) is 4.39 Å². The molecule has 3 aromatic rings. The van der Waals surface area contributed by atoms with Gasteiger partial charge in [-0.2, -0.15) is 0 Å². The summed E-state index contributed by atoms with van der Waals surface area (Å²) in [5.74, 6) is -0.169. The molecule has 0 unspecified atom stereocenters. The van der Waals surface area contributed by atoms with Gasteiger partial charge in [0.15, 0.2) is 0 Å². The van der Waals surface area contributed by atoms with Crippen LogP contribution in [0.25, 0.3) is 10.9 Å². The van der Waals surface area contributed by atoms with Crippen molar-refractivity contribution < 1.29 is 18.7 Å². The maximum Gasteiger partial charge on any atom is 0.271 e. The average molecular weight is 492 g/mol. The molecule has 36 heavy (non-hydrogen) atoms. The maximum atomic E-state index is 14.7. The molecule has 0 radical (unpaired) electrons. The lowest BCUT2D eigenvalue weighted by Crippen LogP contribution is -2.64. The number of carbonyl (C=O) groups excluding carboxylic acids is 2. The third-order valence-corrected chi connectivity index (χ3v) is 7.85. The molecule has 1 saturated carbocycles. The highest BCUT2D eigenvalue weighted by Gasteiger charge is 2.48. The molecule has 1 aromatic heterocycles. The molecule has 7 heteroatoms. The largest absolute Gasteiger partial charge is 0.497 e. The van der Waals surface area contributed by atoms with E-state index < -0.39 is 5.54 Å². The van der Waals surface area contributed by atoms with Crippen molar-refractivity contribution in [2.45, 2.75) is 76.5 Å². The van der Waals surface area contributed by atoms with Crippen LogP contribution < -0.4 is 10.1 Å². The molecular formula is C29H34FN3O3. The third-order valence-electron chi connectivity index (χ3n) is 7.85. The topological polar surface area (TPSA) is 63.6 Å². The summed E-state index contributed by atoms with van der Waals surface area (Å²) in [5.41, 5.74) is 0.533. The van der Waals surface area contributed by atoms with Gasteiger partial charge in [-0.25, -0.2) is 4.39 Å². The Labute approximate surface area is 211 Å². The van der Waals surface area contributed by atoms with Crippen LogP contribution in [0.3, 0.4) is 0 Å². The number of nitrogens with zero attached hydrogens (tertiary/aromatic N) is 2. The van der Waals surface area contributed by atoms with Crippen LogP contribution in [0.2, 0.25) is 0 Å². The van der Waals surface area contributed by atoms with Gasteiger partial charge in [-0.1, -0.05) is 50.3 Å². The van der Waals surface area contributed by atoms with Crippen LogP contribution in [0.15, 0.2) is 48.5 Å². The standard InChI is InChI=1S/C29H34FN3O3/c1-29(28(35)31-22-11-6-4-3-5-7-12-22)19-32-25-17-23(36-2)15-14-20(25)16-26(32)27(34)33(29)18-21-10-8-9-13-24(21)30/h8-10,13-17,22H,3-7,11-12,18-19H2,1-2H3,(H,31,35)/t29-/m1/s1. The average Bonchev–Trinajstić information content (AvgIpc) is 3.21. The number of amides is 2. The molecule has 1 N–H and O–H groups in total. The van der Waals surface area contributed by atoms with E-state index in [1.165, 1.54) is 25.3 Å². The summed E-state index contributed by atoms with van der Waals surface area (Å²) >= 11 is 0. The van der Waals surface area contributed by atoms with Gasteiger partial charge < -0.3 is 19.5 Å². The molecule has 2 heterocycles. The molecule has 1 aliphatic heterocycles. The molecule has 2 amide bonds. The number of carbonyl (C=O) groups is 2. The fourth-order valence-corrected chi connectivity index (χ4v) is 5.64. The predicted molar refractivity (Wildman–Crippen MR) is 137 cm³/mol. The molecule has 1 atom stereocenters. The third kappa shape index (κ3) is 4.47. The van der Waals surface area contributed by atoms with Crippen LogP contribution >= 0.6 is 0 Å². The highest BCUT2D eigenvalue weighted by atomic mass is 19.1. The molecule has 1 fully saturated rings. The summed E-state index contributed by atoms with van der Waals surface area (Å²) in [6.45, 7) is 2.10. The summed E-state index contributed by atoms with van der Waals surface area (Å²) < 4.78 is 22.0. The van der Waals surface area contributed by atoms with Crippen LogP contribution in [0.1, 0.15) is 67.9 Å². The second-order valence-corrected chi connectivity index (χ2v) is 10.3. The first kappa shape index (κ1) is 24.3. The van der Waals surface area contributed by atoms with Gasteiger partial charge in [0.25, 0.3) is 5.91 Å². The highest BCUT2D eigenvalue weighted by Crippen LogP contribution is 2.35. The molecule has 5 rings (SSSR count). The zero-order valence-corrected chi connectivity index (χ0v) is 21.1. The summed E-state index contributed by atoms with van der Waals surface area (Å²) in [4.78, 5) is 29.5. The van der Waals surface area contributed by atoms with E-state index in [-0.39, 0.29) is 36.8 Å². The summed E-state index contributed by atoms with van der Waals surface area (Å²) in [5, 5.41) is 4.17. The first-order valence-electron chi connectivity index (χ1n) is 12.9. The fourth-order valence-electron chi connectivity index (χ4n) is 5.64. The van der Waals surface area contributed by atoms with Gasteiger partial charge in [-0.15, -0.1) is 0 Å². The van der Waals surface area contributed by atoms with E-state index in [4.69, 9.17) is 4.74 Å². The first-order chi connectivity index (χ1) is 17.4. The molecule has 2 aromatic carbocycles. The van der Waals surface area contributed by atoms with Crippen molar-refractivity contribution in [3.8, 4) is 5.75 Å². The molecular weight excluding hydrogens is 457 g/mol. The Morgan fingerprint density at radius 2 is 1.81 bits per heavy atom. The number of aromatic nitrogens is 1.